The molecule has 0 fully saturated rings. The van der Waals surface area contributed by atoms with Gasteiger partial charge in [0, 0.05) is 72.0 Å². The Balaban J connectivity index is 0.000000235. The summed E-state index contributed by atoms with van der Waals surface area (Å²) in [4.78, 5) is 53.5. The summed E-state index contributed by atoms with van der Waals surface area (Å²) in [5, 5.41) is 12.0. The summed E-state index contributed by atoms with van der Waals surface area (Å²) in [7, 11) is 3.04. The number of alkyl halides is 4. The minimum Gasteiger partial charge on any atom is -0.457 e. The molecule has 0 radical (unpaired) electrons. The normalized spacial score (nSPS) is 10.3. The summed E-state index contributed by atoms with van der Waals surface area (Å²) in [5.74, 6) is 1.41. The van der Waals surface area contributed by atoms with Crippen molar-refractivity contribution in [3.63, 3.8) is 0 Å². The van der Waals surface area contributed by atoms with Gasteiger partial charge in [0.05, 0.1) is 10.6 Å². The van der Waals surface area contributed by atoms with E-state index in [4.69, 9.17) is 44.1 Å². The van der Waals surface area contributed by atoms with Crippen molar-refractivity contribution in [2.45, 2.75) is 12.9 Å². The second-order valence-electron chi connectivity index (χ2n) is 12.4. The van der Waals surface area contributed by atoms with Gasteiger partial charge in [0.25, 0.3) is 11.8 Å². The van der Waals surface area contributed by atoms with Crippen LogP contribution >= 0.6 is 23.2 Å². The van der Waals surface area contributed by atoms with E-state index in [1.807, 2.05) is 0 Å². The van der Waals surface area contributed by atoms with Gasteiger partial charge in [-0.05, 0) is 97.1 Å². The largest absolute Gasteiger partial charge is 0.457 e. The van der Waals surface area contributed by atoms with Gasteiger partial charge < -0.3 is 47.5 Å². The van der Waals surface area contributed by atoms with Crippen molar-refractivity contribution >= 4 is 69.8 Å². The minimum absolute atomic E-state index is 0.0659. The van der Waals surface area contributed by atoms with Gasteiger partial charge >= 0.3 is 18.2 Å². The average Bonchev–Trinajstić information content (AvgIpc) is 3.26. The van der Waals surface area contributed by atoms with Crippen molar-refractivity contribution < 1.29 is 46.2 Å². The number of amides is 6. The number of nitrogens with two attached hydrogens (primary N) is 2. The van der Waals surface area contributed by atoms with Crippen LogP contribution < -0.4 is 47.5 Å². The number of nitrogens with one attached hydrogen (secondary N) is 5. The highest BCUT2D eigenvalue weighted by Gasteiger charge is 2.33. The maximum Gasteiger partial charge on any atom is 0.417 e. The van der Waals surface area contributed by atoms with Crippen molar-refractivity contribution in [2.75, 3.05) is 35.8 Å². The molecule has 0 saturated carbocycles. The Morgan fingerprint density at radius 1 is 0.619 bits per heavy atom. The SMILES string of the molecule is CNC(=O)c1cc(Oc2ccc(N)cc2)ccn1.CNC(=O)c1cc(Oc2ccc(NC(=O)Nc3ccc(Cl)c(C(F)(F)F)c3)cc2)ccn1.NC(=O)Nc1ccc(Cl)c(CF)c1. The summed E-state index contributed by atoms with van der Waals surface area (Å²) >= 11 is 11.2. The highest BCUT2D eigenvalue weighted by atomic mass is 35.5. The number of benzene rings is 4. The lowest BCUT2D eigenvalue weighted by Crippen LogP contribution is -2.19. The number of anilines is 4. The number of rotatable bonds is 10. The summed E-state index contributed by atoms with van der Waals surface area (Å²) < 4.78 is 62.3. The number of carbonyl (C=O) groups is 4. The average molecular weight is 911 g/mol. The van der Waals surface area contributed by atoms with Gasteiger partial charge in [-0.25, -0.2) is 14.0 Å². The lowest BCUT2D eigenvalue weighted by atomic mass is 10.2. The number of pyridine rings is 2. The Morgan fingerprint density at radius 3 is 1.56 bits per heavy atom. The van der Waals surface area contributed by atoms with Crippen molar-refractivity contribution in [1.29, 1.82) is 0 Å². The summed E-state index contributed by atoms with van der Waals surface area (Å²) in [5.41, 5.74) is 11.7. The van der Waals surface area contributed by atoms with Crippen LogP contribution in [0.3, 0.4) is 0 Å². The topological polar surface area (TPSA) is 225 Å². The fourth-order valence-electron chi connectivity index (χ4n) is 4.88. The van der Waals surface area contributed by atoms with E-state index < -0.39 is 35.5 Å². The van der Waals surface area contributed by atoms with E-state index in [1.54, 1.807) is 79.8 Å². The third kappa shape index (κ3) is 15.4. The molecule has 21 heteroatoms. The van der Waals surface area contributed by atoms with Gasteiger partial charge in [0.1, 0.15) is 41.1 Å². The maximum atomic E-state index is 12.9. The van der Waals surface area contributed by atoms with Crippen molar-refractivity contribution in [3.05, 3.63) is 154 Å². The van der Waals surface area contributed by atoms with E-state index in [0.717, 1.165) is 12.1 Å². The molecule has 6 rings (SSSR count). The number of nitrogen functional groups attached to an aromatic ring is 1. The lowest BCUT2D eigenvalue weighted by molar-refractivity contribution is -0.137. The number of urea groups is 2. The van der Waals surface area contributed by atoms with E-state index in [2.05, 4.69) is 36.6 Å². The highest BCUT2D eigenvalue weighted by Crippen LogP contribution is 2.36. The first-order chi connectivity index (χ1) is 30.0. The zero-order valence-corrected chi connectivity index (χ0v) is 34.5. The standard InChI is InChI=1S/C21H16ClF3N4O3.C13H13N3O2.C8H8ClFN2O/c1-26-19(30)18-11-15(8-9-27-18)32-14-5-2-12(3-6-14)28-20(31)29-13-4-7-17(22)16(10-13)21(23,24)25;1-15-13(17)12-8-11(6-7-16-12)18-10-4-2-9(14)3-5-10;9-7-2-1-6(12-8(11)13)3-5(7)4-10/h2-11H,1H3,(H,26,30)(H2,28,29,31);2-8H,14H2,1H3,(H,15,17);1-3H,4H2,(H3,11,12,13). The molecule has 6 amide bonds. The van der Waals surface area contributed by atoms with Crippen LogP contribution in [0.1, 0.15) is 32.1 Å². The molecule has 15 nitrogen and oxygen atoms in total. The van der Waals surface area contributed by atoms with E-state index in [0.29, 0.717) is 56.3 Å². The van der Waals surface area contributed by atoms with Crippen LogP contribution in [0.25, 0.3) is 0 Å². The first-order valence-corrected chi connectivity index (χ1v) is 18.8. The number of ether oxygens (including phenoxy) is 2. The van der Waals surface area contributed by atoms with Crippen molar-refractivity contribution in [1.82, 2.24) is 20.6 Å². The molecule has 0 spiro atoms. The quantitative estimate of drug-likeness (QED) is 0.0512. The molecule has 63 heavy (non-hydrogen) atoms. The van der Waals surface area contributed by atoms with Crippen LogP contribution in [-0.2, 0) is 12.9 Å². The van der Waals surface area contributed by atoms with Crippen LogP contribution in [-0.4, -0.2) is 47.9 Å². The molecule has 0 saturated heterocycles. The van der Waals surface area contributed by atoms with Crippen molar-refractivity contribution in [2.24, 2.45) is 5.73 Å². The van der Waals surface area contributed by atoms with Crippen LogP contribution in [0.5, 0.6) is 23.0 Å². The minimum atomic E-state index is -4.64. The number of halogens is 6. The number of hydrogen-bond acceptors (Lipinski definition) is 9. The molecule has 0 aliphatic heterocycles. The summed E-state index contributed by atoms with van der Waals surface area (Å²) in [6.45, 7) is -0.673. The Bertz CT molecular complexity index is 2530. The molecule has 2 heterocycles. The summed E-state index contributed by atoms with van der Waals surface area (Å²) in [6, 6.07) is 25.7. The molecule has 328 valence electrons. The van der Waals surface area contributed by atoms with E-state index in [9.17, 15) is 36.7 Å². The van der Waals surface area contributed by atoms with E-state index >= 15 is 0 Å². The second kappa shape index (κ2) is 22.8. The van der Waals surface area contributed by atoms with Gasteiger partial charge in [-0.2, -0.15) is 13.2 Å². The van der Waals surface area contributed by atoms with E-state index in [1.165, 1.54) is 43.7 Å². The van der Waals surface area contributed by atoms with Gasteiger partial charge in [0.15, 0.2) is 0 Å². The third-order valence-electron chi connectivity index (χ3n) is 7.83. The second-order valence-corrected chi connectivity index (χ2v) is 13.2. The number of aromatic nitrogens is 2. The molecule has 2 aromatic heterocycles. The maximum absolute atomic E-state index is 12.9. The van der Waals surface area contributed by atoms with E-state index in [-0.39, 0.29) is 23.2 Å². The van der Waals surface area contributed by atoms with Crippen molar-refractivity contribution in [3.8, 4) is 23.0 Å². The van der Waals surface area contributed by atoms with Gasteiger partial charge in [-0.15, -0.1) is 0 Å². The van der Waals surface area contributed by atoms with Crippen LogP contribution in [0.15, 0.2) is 122 Å². The highest BCUT2D eigenvalue weighted by molar-refractivity contribution is 6.31. The molecule has 0 aliphatic carbocycles. The Kier molecular flexibility index (Phi) is 17.4. The number of nitrogens with zero attached hydrogens (tertiary/aromatic N) is 2. The Labute approximate surface area is 367 Å². The molecule has 0 bridgehead atoms. The zero-order chi connectivity index (χ0) is 46.1. The fourth-order valence-corrected chi connectivity index (χ4v) is 5.27. The molecule has 9 N–H and O–H groups in total. The predicted octanol–water partition coefficient (Wildman–Crippen LogP) is 9.67. The molecule has 0 atom stereocenters. The fraction of sp³-hybridized carbons (Fsp3) is 0.0952. The van der Waals surface area contributed by atoms with Crippen LogP contribution in [0, 0.1) is 0 Å². The summed E-state index contributed by atoms with van der Waals surface area (Å²) in [6.07, 6.45) is -1.69. The molecule has 4 aromatic carbocycles. The monoisotopic (exact) mass is 909 g/mol. The van der Waals surface area contributed by atoms with Crippen LogP contribution in [0.2, 0.25) is 10.0 Å². The first kappa shape index (κ1) is 48.0. The molecule has 0 unspecified atom stereocenters. The Morgan fingerprint density at radius 2 is 1.08 bits per heavy atom. The third-order valence-corrected chi connectivity index (χ3v) is 8.53. The molecular weight excluding hydrogens is 873 g/mol. The predicted molar refractivity (Wildman–Crippen MR) is 231 cm³/mol. The molecule has 0 aliphatic rings. The Hall–Kier alpha value is -7.64. The van der Waals surface area contributed by atoms with Gasteiger partial charge in [0.2, 0.25) is 0 Å². The number of carbonyl (C=O) groups excluding carboxylic acids is 4. The number of hydrogen-bond donors (Lipinski definition) is 7. The number of primary amides is 1. The molecular formula is C42H37Cl2F4N9O6. The molecule has 6 aromatic rings. The zero-order valence-electron chi connectivity index (χ0n) is 33.0. The lowest BCUT2D eigenvalue weighted by Gasteiger charge is -2.12. The first-order valence-electron chi connectivity index (χ1n) is 18.0. The van der Waals surface area contributed by atoms with Gasteiger partial charge in [-0.1, -0.05) is 23.2 Å². The van der Waals surface area contributed by atoms with Crippen LogP contribution in [0.4, 0.5) is 49.9 Å². The van der Waals surface area contributed by atoms with Gasteiger partial charge in [-0.3, -0.25) is 19.6 Å². The smallest absolute Gasteiger partial charge is 0.417 e.